The van der Waals surface area contributed by atoms with Crippen LogP contribution in [0.3, 0.4) is 0 Å². The molecule has 1 aliphatic rings. The number of nitrogens with zero attached hydrogens (tertiary/aromatic N) is 3. The molecule has 0 unspecified atom stereocenters. The number of hydrogen-bond acceptors (Lipinski definition) is 2. The van der Waals surface area contributed by atoms with Crippen molar-refractivity contribution in [3.8, 4) is 0 Å². The van der Waals surface area contributed by atoms with Crippen LogP contribution in [-0.2, 0) is 0 Å². The van der Waals surface area contributed by atoms with Crippen molar-refractivity contribution in [3.05, 3.63) is 11.8 Å². The Morgan fingerprint density at radius 2 is 2.23 bits per heavy atom. The van der Waals surface area contributed by atoms with Gasteiger partial charge in [0.05, 0.1) is 0 Å². The lowest BCUT2D eigenvalue weighted by Crippen LogP contribution is -2.29. The van der Waals surface area contributed by atoms with Crippen LogP contribution in [0, 0.1) is 0 Å². The molecule has 3 heteroatoms. The first kappa shape index (κ1) is 9.96. The molecular formula is C10H17N3. The summed E-state index contributed by atoms with van der Waals surface area (Å²) in [5.74, 6) is 1.06. The monoisotopic (exact) mass is 179 g/mol. The van der Waals surface area contributed by atoms with Gasteiger partial charge in [-0.25, -0.2) is 5.01 Å². The van der Waals surface area contributed by atoms with Crippen LogP contribution in [0.25, 0.3) is 0 Å². The first-order chi connectivity index (χ1) is 6.19. The number of allylic oxidation sites excluding steroid dienone is 2. The Morgan fingerprint density at radius 1 is 1.54 bits per heavy atom. The number of rotatable bonds is 1. The molecule has 0 aromatic rings. The average molecular weight is 179 g/mol. The lowest BCUT2D eigenvalue weighted by atomic mass is 10.2. The molecule has 1 heterocycles. The SMILES string of the molecule is C/C=C(/C)N1N=C(C)CCC1=NC. The van der Waals surface area contributed by atoms with Crippen molar-refractivity contribution in [3.63, 3.8) is 0 Å². The molecule has 0 fully saturated rings. The van der Waals surface area contributed by atoms with Gasteiger partial charge in [-0.3, -0.25) is 4.99 Å². The van der Waals surface area contributed by atoms with E-state index in [1.807, 2.05) is 32.0 Å². The maximum atomic E-state index is 4.46. The van der Waals surface area contributed by atoms with Crippen LogP contribution >= 0.6 is 0 Å². The first-order valence-corrected chi connectivity index (χ1v) is 4.61. The third-order valence-electron chi connectivity index (χ3n) is 2.24. The Balaban J connectivity index is 2.95. The maximum absolute atomic E-state index is 4.46. The summed E-state index contributed by atoms with van der Waals surface area (Å²) in [4.78, 5) is 4.23. The van der Waals surface area contributed by atoms with Crippen molar-refractivity contribution in [1.82, 2.24) is 5.01 Å². The smallest absolute Gasteiger partial charge is 0.125 e. The van der Waals surface area contributed by atoms with Crippen LogP contribution in [-0.4, -0.2) is 23.6 Å². The van der Waals surface area contributed by atoms with E-state index in [9.17, 15) is 0 Å². The molecule has 0 saturated heterocycles. The molecule has 0 atom stereocenters. The van der Waals surface area contributed by atoms with Gasteiger partial charge in [0.2, 0.25) is 0 Å². The van der Waals surface area contributed by atoms with E-state index in [1.54, 1.807) is 0 Å². The third kappa shape index (κ3) is 2.17. The van der Waals surface area contributed by atoms with Crippen LogP contribution in [0.4, 0.5) is 0 Å². The van der Waals surface area contributed by atoms with Gasteiger partial charge in [0.15, 0.2) is 0 Å². The summed E-state index contributed by atoms with van der Waals surface area (Å²) < 4.78 is 0. The minimum atomic E-state index is 0.997. The molecule has 0 radical (unpaired) electrons. The molecular weight excluding hydrogens is 162 g/mol. The summed E-state index contributed by atoms with van der Waals surface area (Å²) in [6, 6.07) is 0. The van der Waals surface area contributed by atoms with Crippen molar-refractivity contribution >= 4 is 11.5 Å². The fraction of sp³-hybridized carbons (Fsp3) is 0.600. The van der Waals surface area contributed by atoms with Crippen molar-refractivity contribution < 1.29 is 0 Å². The molecule has 0 saturated carbocycles. The zero-order valence-electron chi connectivity index (χ0n) is 8.83. The molecule has 0 N–H and O–H groups in total. The fourth-order valence-electron chi connectivity index (χ4n) is 1.29. The molecule has 0 spiro atoms. The van der Waals surface area contributed by atoms with Crippen LogP contribution in [0.1, 0.15) is 33.6 Å². The molecule has 13 heavy (non-hydrogen) atoms. The second-order valence-corrected chi connectivity index (χ2v) is 3.22. The summed E-state index contributed by atoms with van der Waals surface area (Å²) in [5, 5.41) is 6.39. The Labute approximate surface area is 79.8 Å². The van der Waals surface area contributed by atoms with Gasteiger partial charge < -0.3 is 0 Å². The summed E-state index contributed by atoms with van der Waals surface area (Å²) in [5.41, 5.74) is 2.31. The van der Waals surface area contributed by atoms with Crippen molar-refractivity contribution in [2.75, 3.05) is 7.05 Å². The van der Waals surface area contributed by atoms with Crippen molar-refractivity contribution in [2.45, 2.75) is 33.6 Å². The quantitative estimate of drug-likeness (QED) is 0.607. The number of amidine groups is 1. The van der Waals surface area contributed by atoms with E-state index in [0.29, 0.717) is 0 Å². The molecule has 1 aliphatic heterocycles. The van der Waals surface area contributed by atoms with Crippen molar-refractivity contribution in [1.29, 1.82) is 0 Å². The van der Waals surface area contributed by atoms with Gasteiger partial charge in [0, 0.05) is 24.9 Å². The summed E-state index contributed by atoms with van der Waals surface area (Å²) in [7, 11) is 1.82. The Kier molecular flexibility index (Phi) is 3.23. The highest BCUT2D eigenvalue weighted by atomic mass is 15.5. The van der Waals surface area contributed by atoms with E-state index >= 15 is 0 Å². The minimum Gasteiger partial charge on any atom is -0.274 e. The van der Waals surface area contributed by atoms with Gasteiger partial charge in [-0.05, 0) is 27.2 Å². The van der Waals surface area contributed by atoms with Gasteiger partial charge in [0.25, 0.3) is 0 Å². The Hall–Kier alpha value is -1.12. The standard InChI is InChI=1S/C10H17N3/c1-5-9(3)13-10(11-4)7-6-8(2)12-13/h5H,6-7H2,1-4H3/b9-5-,11-10?. The topological polar surface area (TPSA) is 28.0 Å². The maximum Gasteiger partial charge on any atom is 0.125 e. The molecule has 72 valence electrons. The van der Waals surface area contributed by atoms with Gasteiger partial charge >= 0.3 is 0 Å². The number of aliphatic imine (C=N–C) groups is 1. The highest BCUT2D eigenvalue weighted by Crippen LogP contribution is 2.15. The van der Waals surface area contributed by atoms with E-state index in [1.165, 1.54) is 5.71 Å². The largest absolute Gasteiger partial charge is 0.274 e. The van der Waals surface area contributed by atoms with Gasteiger partial charge in [-0.2, -0.15) is 5.10 Å². The fourth-order valence-corrected chi connectivity index (χ4v) is 1.29. The minimum absolute atomic E-state index is 0.997. The molecule has 0 aliphatic carbocycles. The van der Waals surface area contributed by atoms with Crippen LogP contribution in [0.2, 0.25) is 0 Å². The zero-order chi connectivity index (χ0) is 9.84. The average Bonchev–Trinajstić information content (AvgIpc) is 2.16. The Morgan fingerprint density at radius 3 is 2.77 bits per heavy atom. The predicted molar refractivity (Wildman–Crippen MR) is 57.0 cm³/mol. The van der Waals surface area contributed by atoms with Gasteiger partial charge in [0.1, 0.15) is 5.84 Å². The normalized spacial score (nSPS) is 22.2. The van der Waals surface area contributed by atoms with Crippen LogP contribution in [0.5, 0.6) is 0 Å². The van der Waals surface area contributed by atoms with Gasteiger partial charge in [-0.15, -0.1) is 0 Å². The third-order valence-corrected chi connectivity index (χ3v) is 2.24. The molecule has 0 aromatic carbocycles. The summed E-state index contributed by atoms with van der Waals surface area (Å²) in [6.45, 7) is 6.12. The predicted octanol–water partition coefficient (Wildman–Crippen LogP) is 2.41. The van der Waals surface area contributed by atoms with Crippen molar-refractivity contribution in [2.24, 2.45) is 10.1 Å². The zero-order valence-corrected chi connectivity index (χ0v) is 8.83. The van der Waals surface area contributed by atoms with Crippen LogP contribution < -0.4 is 0 Å². The lowest BCUT2D eigenvalue weighted by molar-refractivity contribution is 0.519. The van der Waals surface area contributed by atoms with Crippen LogP contribution in [0.15, 0.2) is 21.9 Å². The van der Waals surface area contributed by atoms with E-state index in [4.69, 9.17) is 0 Å². The molecule has 0 amide bonds. The first-order valence-electron chi connectivity index (χ1n) is 4.61. The molecule has 0 aromatic heterocycles. The summed E-state index contributed by atoms with van der Waals surface area (Å²) in [6.07, 6.45) is 4.07. The highest BCUT2D eigenvalue weighted by molar-refractivity contribution is 5.94. The number of hydrazone groups is 1. The van der Waals surface area contributed by atoms with E-state index in [0.717, 1.165) is 24.4 Å². The Bertz CT molecular complexity index is 274. The lowest BCUT2D eigenvalue weighted by Gasteiger charge is -2.26. The second-order valence-electron chi connectivity index (χ2n) is 3.22. The molecule has 3 nitrogen and oxygen atoms in total. The number of hydrogen-bond donors (Lipinski definition) is 0. The van der Waals surface area contributed by atoms with E-state index in [-0.39, 0.29) is 0 Å². The second kappa shape index (κ2) is 4.21. The summed E-state index contributed by atoms with van der Waals surface area (Å²) >= 11 is 0. The molecule has 1 rings (SSSR count). The van der Waals surface area contributed by atoms with E-state index < -0.39 is 0 Å². The van der Waals surface area contributed by atoms with E-state index in [2.05, 4.69) is 17.0 Å². The van der Waals surface area contributed by atoms with Gasteiger partial charge in [-0.1, -0.05) is 6.08 Å². The highest BCUT2D eigenvalue weighted by Gasteiger charge is 2.16. The molecule has 0 bridgehead atoms.